The highest BCUT2D eigenvalue weighted by molar-refractivity contribution is 5.91. The number of rotatable bonds is 5. The van der Waals surface area contributed by atoms with Crippen molar-refractivity contribution in [3.8, 4) is 40.3 Å². The molecule has 0 fully saturated rings. The lowest BCUT2D eigenvalue weighted by molar-refractivity contribution is 0.748. The Hall–Kier alpha value is -5.65. The van der Waals surface area contributed by atoms with Crippen LogP contribution in [-0.4, -0.2) is 9.13 Å². The first-order chi connectivity index (χ1) is 19.6. The van der Waals surface area contributed by atoms with E-state index >= 15 is 0 Å². The number of aryl methyl sites for hydroxylation is 1. The molecule has 0 unspecified atom stereocenters. The summed E-state index contributed by atoms with van der Waals surface area (Å²) in [5.74, 6) is 0. The second-order valence-corrected chi connectivity index (χ2v) is 9.67. The summed E-state index contributed by atoms with van der Waals surface area (Å²) in [6.07, 6.45) is 0. The van der Waals surface area contributed by atoms with Gasteiger partial charge in [0.15, 0.2) is 0 Å². The molecule has 0 atom stereocenters. The molecular weight excluding hydrogens is 492 g/mol. The first-order valence-corrected chi connectivity index (χ1v) is 13.0. The maximum atomic E-state index is 14.6. The molecule has 0 saturated carbocycles. The molecule has 0 spiro atoms. The lowest BCUT2D eigenvalue weighted by atomic mass is 9.98. The average molecular weight is 517 g/mol. The Morgan fingerprint density at radius 1 is 0.700 bits per heavy atom. The molecule has 1 heterocycles. The quantitative estimate of drug-likeness (QED) is 0.243. The topological polar surface area (TPSA) is 74.5 Å². The van der Waals surface area contributed by atoms with Crippen LogP contribution in [0.3, 0.4) is 0 Å². The smallest absolute Gasteiger partial charge is 0.287 e. The minimum Gasteiger partial charge on any atom is -0.287 e. The number of fused-ring (bicyclic) bond motifs is 1. The molecule has 0 amide bonds. The molecule has 0 radical (unpaired) electrons. The number of nitriles is 2. The van der Waals surface area contributed by atoms with Crippen molar-refractivity contribution < 1.29 is 0 Å². The monoisotopic (exact) mass is 516 g/mol. The third-order valence-corrected chi connectivity index (χ3v) is 7.30. The normalized spacial score (nSPS) is 10.8. The van der Waals surface area contributed by atoms with Gasteiger partial charge in [0, 0.05) is 11.1 Å². The summed E-state index contributed by atoms with van der Waals surface area (Å²) in [5.41, 5.74) is 6.31. The third-order valence-electron chi connectivity index (χ3n) is 7.30. The van der Waals surface area contributed by atoms with Gasteiger partial charge in [0.05, 0.1) is 40.8 Å². The minimum absolute atomic E-state index is 0.242. The van der Waals surface area contributed by atoms with Gasteiger partial charge in [-0.25, -0.2) is 4.79 Å². The minimum atomic E-state index is -0.242. The van der Waals surface area contributed by atoms with Crippen LogP contribution in [0.5, 0.6) is 0 Å². The first kappa shape index (κ1) is 24.7. The van der Waals surface area contributed by atoms with Crippen LogP contribution in [0.25, 0.3) is 39.0 Å². The first-order valence-electron chi connectivity index (χ1n) is 13.0. The molecule has 0 bridgehead atoms. The summed E-state index contributed by atoms with van der Waals surface area (Å²) >= 11 is 0. The molecule has 1 aromatic heterocycles. The molecule has 40 heavy (non-hydrogen) atoms. The molecule has 190 valence electrons. The van der Waals surface area contributed by atoms with E-state index in [1.165, 1.54) is 0 Å². The van der Waals surface area contributed by atoms with Crippen LogP contribution in [0.1, 0.15) is 22.3 Å². The number of nitrogens with zero attached hydrogens (tertiary/aromatic N) is 4. The summed E-state index contributed by atoms with van der Waals surface area (Å²) in [5, 5.41) is 21.6. The van der Waals surface area contributed by atoms with Crippen molar-refractivity contribution in [2.45, 2.75) is 13.5 Å². The summed E-state index contributed by atoms with van der Waals surface area (Å²) < 4.78 is 3.46. The molecular formula is C35H24N4O. The zero-order valence-electron chi connectivity index (χ0n) is 21.9. The van der Waals surface area contributed by atoms with E-state index in [0.29, 0.717) is 23.4 Å². The van der Waals surface area contributed by atoms with E-state index in [9.17, 15) is 15.3 Å². The van der Waals surface area contributed by atoms with E-state index < -0.39 is 0 Å². The molecule has 0 aliphatic carbocycles. The Bertz CT molecular complexity index is 2000. The highest BCUT2D eigenvalue weighted by Crippen LogP contribution is 2.36. The molecule has 6 aromatic rings. The molecule has 5 nitrogen and oxygen atoms in total. The fraction of sp³-hybridized carbons (Fsp3) is 0.0571. The van der Waals surface area contributed by atoms with Crippen LogP contribution in [0.2, 0.25) is 0 Å². The van der Waals surface area contributed by atoms with Gasteiger partial charge in [0.2, 0.25) is 0 Å². The molecule has 5 aromatic carbocycles. The van der Waals surface area contributed by atoms with Crippen LogP contribution in [0.15, 0.2) is 120 Å². The zero-order chi connectivity index (χ0) is 27.6. The van der Waals surface area contributed by atoms with Crippen molar-refractivity contribution in [1.82, 2.24) is 9.13 Å². The van der Waals surface area contributed by atoms with Crippen molar-refractivity contribution in [3.63, 3.8) is 0 Å². The maximum absolute atomic E-state index is 14.6. The SMILES string of the molecule is Cc1c(C#N)c(-n2c(-c3ccccc3)c(-c3ccccc3)n(Cc3ccc(C#N)cc3)c2=O)cc2ccccc12. The van der Waals surface area contributed by atoms with Gasteiger partial charge in [-0.1, -0.05) is 97.1 Å². The molecule has 0 aliphatic heterocycles. The van der Waals surface area contributed by atoms with E-state index in [-0.39, 0.29) is 5.69 Å². The zero-order valence-corrected chi connectivity index (χ0v) is 21.9. The molecule has 0 saturated heterocycles. The lowest BCUT2D eigenvalue weighted by Crippen LogP contribution is -2.25. The van der Waals surface area contributed by atoms with E-state index in [2.05, 4.69) is 12.1 Å². The van der Waals surface area contributed by atoms with E-state index in [1.54, 1.807) is 21.3 Å². The summed E-state index contributed by atoms with van der Waals surface area (Å²) in [4.78, 5) is 14.6. The van der Waals surface area contributed by atoms with E-state index in [1.807, 2.05) is 110 Å². The number of hydrogen-bond acceptors (Lipinski definition) is 3. The Morgan fingerprint density at radius 2 is 1.30 bits per heavy atom. The molecule has 0 aliphatic rings. The third kappa shape index (κ3) is 4.17. The van der Waals surface area contributed by atoms with Crippen LogP contribution < -0.4 is 5.69 Å². The van der Waals surface area contributed by atoms with Crippen molar-refractivity contribution in [3.05, 3.63) is 148 Å². The van der Waals surface area contributed by atoms with Crippen LogP contribution >= 0.6 is 0 Å². The summed E-state index contributed by atoms with van der Waals surface area (Å²) in [6.45, 7) is 2.24. The van der Waals surface area contributed by atoms with Gasteiger partial charge >= 0.3 is 5.69 Å². The predicted octanol–water partition coefficient (Wildman–Crippen LogP) is 7.23. The number of hydrogen-bond donors (Lipinski definition) is 0. The summed E-state index contributed by atoms with van der Waals surface area (Å²) in [7, 11) is 0. The predicted molar refractivity (Wildman–Crippen MR) is 158 cm³/mol. The fourth-order valence-corrected chi connectivity index (χ4v) is 5.36. The molecule has 5 heteroatoms. The van der Waals surface area contributed by atoms with Crippen LogP contribution in [-0.2, 0) is 6.54 Å². The van der Waals surface area contributed by atoms with Gasteiger partial charge in [-0.3, -0.25) is 9.13 Å². The lowest BCUT2D eigenvalue weighted by Gasteiger charge is -2.15. The second kappa shape index (κ2) is 10.3. The van der Waals surface area contributed by atoms with Crippen LogP contribution in [0, 0.1) is 29.6 Å². The Labute approximate surface area is 232 Å². The van der Waals surface area contributed by atoms with Gasteiger partial charge in [-0.05, 0) is 47.0 Å². The standard InChI is InChI=1S/C35H24N4O/c1-24-30-15-9-8-14-29(30)20-32(31(24)22-37)39-34(28-12-6-3-7-13-28)33(27-10-4-2-5-11-27)38(35(39)40)23-26-18-16-25(21-36)17-19-26/h2-20H,23H2,1H3. The number of imidazole rings is 1. The van der Waals surface area contributed by atoms with Crippen LogP contribution in [0.4, 0.5) is 0 Å². The van der Waals surface area contributed by atoms with E-state index in [4.69, 9.17) is 0 Å². The number of aromatic nitrogens is 2. The van der Waals surface area contributed by atoms with Gasteiger partial charge in [-0.15, -0.1) is 0 Å². The fourth-order valence-electron chi connectivity index (χ4n) is 5.36. The molecule has 0 N–H and O–H groups in total. The van der Waals surface area contributed by atoms with Crippen molar-refractivity contribution >= 4 is 10.8 Å². The Balaban J connectivity index is 1.74. The Morgan fingerprint density at radius 3 is 1.93 bits per heavy atom. The van der Waals surface area contributed by atoms with Crippen molar-refractivity contribution in [2.75, 3.05) is 0 Å². The maximum Gasteiger partial charge on any atom is 0.334 e. The number of benzene rings is 5. The average Bonchev–Trinajstić information content (AvgIpc) is 3.29. The molecule has 6 rings (SSSR count). The highest BCUT2D eigenvalue weighted by atomic mass is 16.1. The van der Waals surface area contributed by atoms with Crippen molar-refractivity contribution in [1.29, 1.82) is 10.5 Å². The van der Waals surface area contributed by atoms with Crippen molar-refractivity contribution in [2.24, 2.45) is 0 Å². The highest BCUT2D eigenvalue weighted by Gasteiger charge is 2.26. The second-order valence-electron chi connectivity index (χ2n) is 9.67. The van der Waals surface area contributed by atoms with Gasteiger partial charge in [-0.2, -0.15) is 10.5 Å². The largest absolute Gasteiger partial charge is 0.334 e. The van der Waals surface area contributed by atoms with Gasteiger partial charge in [0.1, 0.15) is 6.07 Å². The van der Waals surface area contributed by atoms with Gasteiger partial charge in [0.25, 0.3) is 0 Å². The van der Waals surface area contributed by atoms with Gasteiger partial charge < -0.3 is 0 Å². The Kier molecular flexibility index (Phi) is 6.32. The van der Waals surface area contributed by atoms with E-state index in [0.717, 1.165) is 44.4 Å². The summed E-state index contributed by atoms with van der Waals surface area (Å²) in [6, 6.07) is 41.4.